The molecule has 0 aromatic heterocycles. The van der Waals surface area contributed by atoms with Crippen molar-refractivity contribution in [2.45, 2.75) is 24.9 Å². The van der Waals surface area contributed by atoms with Crippen molar-refractivity contribution in [3.05, 3.63) is 35.6 Å². The van der Waals surface area contributed by atoms with E-state index in [0.29, 0.717) is 45.0 Å². The van der Waals surface area contributed by atoms with Gasteiger partial charge in [-0.15, -0.1) is 0 Å². The number of likely N-dealkylation sites (tertiary alicyclic amines) is 1. The van der Waals surface area contributed by atoms with Crippen LogP contribution in [0.5, 0.6) is 0 Å². The normalized spacial score (nSPS) is 22.1. The summed E-state index contributed by atoms with van der Waals surface area (Å²) in [5.74, 6) is -0.352. The highest BCUT2D eigenvalue weighted by Crippen LogP contribution is 2.27. The Labute approximate surface area is 136 Å². The summed E-state index contributed by atoms with van der Waals surface area (Å²) >= 11 is 0. The number of morpholine rings is 1. The van der Waals surface area contributed by atoms with E-state index in [1.54, 1.807) is 18.2 Å². The van der Waals surface area contributed by atoms with E-state index in [4.69, 9.17) is 10.5 Å². The van der Waals surface area contributed by atoms with E-state index in [-0.39, 0.29) is 17.8 Å². The van der Waals surface area contributed by atoms with E-state index in [9.17, 15) is 9.18 Å². The summed E-state index contributed by atoms with van der Waals surface area (Å²) in [5.41, 5.74) is 6.38. The predicted molar refractivity (Wildman–Crippen MR) is 85.3 cm³/mol. The van der Waals surface area contributed by atoms with Crippen molar-refractivity contribution in [3.8, 4) is 0 Å². The molecular formula is C17H24FN3O2. The molecule has 1 aromatic rings. The van der Waals surface area contributed by atoms with E-state index in [1.807, 2.05) is 9.80 Å². The lowest BCUT2D eigenvalue weighted by atomic mass is 10.00. The Morgan fingerprint density at radius 2 is 1.83 bits per heavy atom. The molecule has 2 aliphatic heterocycles. The Hall–Kier alpha value is -1.50. The van der Waals surface area contributed by atoms with Gasteiger partial charge in [-0.2, -0.15) is 0 Å². The molecule has 2 N–H and O–H groups in total. The molecule has 1 atom stereocenters. The molecule has 0 bridgehead atoms. The molecule has 0 saturated carbocycles. The molecule has 2 fully saturated rings. The number of carbonyl (C=O) groups excluding carboxylic acids is 1. The average Bonchev–Trinajstić information content (AvgIpc) is 2.58. The van der Waals surface area contributed by atoms with Gasteiger partial charge in [0.25, 0.3) is 0 Å². The summed E-state index contributed by atoms with van der Waals surface area (Å²) < 4.78 is 19.7. The van der Waals surface area contributed by atoms with Crippen molar-refractivity contribution in [2.24, 2.45) is 5.73 Å². The van der Waals surface area contributed by atoms with Gasteiger partial charge in [0.05, 0.1) is 13.2 Å². The second-order valence-electron chi connectivity index (χ2n) is 6.24. The maximum atomic E-state index is 14.3. The van der Waals surface area contributed by atoms with Crippen LogP contribution in [0.1, 0.15) is 24.4 Å². The highest BCUT2D eigenvalue weighted by atomic mass is 19.1. The van der Waals surface area contributed by atoms with E-state index in [1.165, 1.54) is 6.07 Å². The number of amides is 1. The smallest absolute Gasteiger partial charge is 0.244 e. The highest BCUT2D eigenvalue weighted by Gasteiger charge is 2.35. The molecule has 2 heterocycles. The number of benzene rings is 1. The lowest BCUT2D eigenvalue weighted by Crippen LogP contribution is -2.50. The first-order valence-corrected chi connectivity index (χ1v) is 8.27. The lowest BCUT2D eigenvalue weighted by Gasteiger charge is -2.38. The Kier molecular flexibility index (Phi) is 5.25. The van der Waals surface area contributed by atoms with Crippen LogP contribution < -0.4 is 5.73 Å². The molecule has 1 unspecified atom stereocenters. The van der Waals surface area contributed by atoms with Gasteiger partial charge in [-0.05, 0) is 18.9 Å². The van der Waals surface area contributed by atoms with Crippen molar-refractivity contribution in [2.75, 3.05) is 39.4 Å². The zero-order chi connectivity index (χ0) is 16.2. The number of ether oxygens (including phenoxy) is 1. The van der Waals surface area contributed by atoms with E-state index in [0.717, 1.165) is 12.8 Å². The Bertz CT molecular complexity index is 540. The van der Waals surface area contributed by atoms with Gasteiger partial charge >= 0.3 is 0 Å². The second kappa shape index (κ2) is 7.38. The number of nitrogens with zero attached hydrogens (tertiary/aromatic N) is 2. The van der Waals surface area contributed by atoms with E-state index < -0.39 is 6.04 Å². The Balaban J connectivity index is 1.85. The molecule has 6 heteroatoms. The van der Waals surface area contributed by atoms with Gasteiger partial charge in [0.15, 0.2) is 0 Å². The number of halogens is 1. The van der Waals surface area contributed by atoms with Crippen LogP contribution in [-0.2, 0) is 9.53 Å². The van der Waals surface area contributed by atoms with E-state index in [2.05, 4.69) is 0 Å². The van der Waals surface area contributed by atoms with Crippen LogP contribution in [0.25, 0.3) is 0 Å². The van der Waals surface area contributed by atoms with Gasteiger partial charge in [-0.25, -0.2) is 4.39 Å². The van der Waals surface area contributed by atoms with Crippen molar-refractivity contribution >= 4 is 5.91 Å². The lowest BCUT2D eigenvalue weighted by molar-refractivity contribution is -0.140. The first-order valence-electron chi connectivity index (χ1n) is 8.27. The fourth-order valence-corrected chi connectivity index (χ4v) is 3.31. The molecule has 0 spiro atoms. The van der Waals surface area contributed by atoms with Gasteiger partial charge in [-0.3, -0.25) is 9.69 Å². The van der Waals surface area contributed by atoms with Crippen molar-refractivity contribution in [1.82, 2.24) is 9.80 Å². The molecule has 3 rings (SSSR count). The quantitative estimate of drug-likeness (QED) is 0.907. The van der Waals surface area contributed by atoms with Crippen molar-refractivity contribution in [1.29, 1.82) is 0 Å². The molecule has 1 amide bonds. The third kappa shape index (κ3) is 3.71. The maximum absolute atomic E-state index is 14.3. The van der Waals surface area contributed by atoms with Gasteiger partial charge in [-0.1, -0.05) is 18.2 Å². The van der Waals surface area contributed by atoms with Crippen LogP contribution in [0.2, 0.25) is 0 Å². The largest absolute Gasteiger partial charge is 0.379 e. The molecule has 2 aliphatic rings. The summed E-state index contributed by atoms with van der Waals surface area (Å²) in [6, 6.07) is 6.15. The summed E-state index contributed by atoms with van der Waals surface area (Å²) in [6.07, 6.45) is 1.61. The number of nitrogens with two attached hydrogens (primary N) is 1. The third-order valence-corrected chi connectivity index (χ3v) is 4.70. The minimum absolute atomic E-state index is 0.0242. The SMILES string of the molecule is NC1CCN(C(=O)C(c2ccccc2F)N2CCOCC2)CC1. The zero-order valence-corrected chi connectivity index (χ0v) is 13.3. The minimum Gasteiger partial charge on any atom is -0.379 e. The van der Waals surface area contributed by atoms with Crippen LogP contribution in [-0.4, -0.2) is 61.1 Å². The maximum Gasteiger partial charge on any atom is 0.244 e. The monoisotopic (exact) mass is 321 g/mol. The number of hydrogen-bond acceptors (Lipinski definition) is 4. The first-order chi connectivity index (χ1) is 11.2. The summed E-state index contributed by atoms with van der Waals surface area (Å²) in [5, 5.41) is 0. The van der Waals surface area contributed by atoms with Crippen molar-refractivity contribution in [3.63, 3.8) is 0 Å². The predicted octanol–water partition coefficient (Wildman–Crippen LogP) is 1.15. The van der Waals surface area contributed by atoms with Crippen molar-refractivity contribution < 1.29 is 13.9 Å². The molecular weight excluding hydrogens is 297 g/mol. The number of hydrogen-bond donors (Lipinski definition) is 1. The Morgan fingerprint density at radius 3 is 2.48 bits per heavy atom. The van der Waals surface area contributed by atoms with Crippen LogP contribution in [0.3, 0.4) is 0 Å². The molecule has 126 valence electrons. The van der Waals surface area contributed by atoms with Crippen LogP contribution in [0.4, 0.5) is 4.39 Å². The third-order valence-electron chi connectivity index (χ3n) is 4.70. The fraction of sp³-hybridized carbons (Fsp3) is 0.588. The zero-order valence-electron chi connectivity index (χ0n) is 13.3. The summed E-state index contributed by atoms with van der Waals surface area (Å²) in [7, 11) is 0. The van der Waals surface area contributed by atoms with Crippen LogP contribution in [0, 0.1) is 5.82 Å². The van der Waals surface area contributed by atoms with Gasteiger partial charge in [0, 0.05) is 37.8 Å². The second-order valence-corrected chi connectivity index (χ2v) is 6.24. The number of carbonyl (C=O) groups is 1. The fourth-order valence-electron chi connectivity index (χ4n) is 3.31. The molecule has 0 radical (unpaired) electrons. The standard InChI is InChI=1S/C17H24FN3O2/c18-15-4-2-1-3-14(15)16(20-9-11-23-12-10-20)17(22)21-7-5-13(19)6-8-21/h1-4,13,16H,5-12,19H2. The first kappa shape index (κ1) is 16.4. The highest BCUT2D eigenvalue weighted by molar-refractivity contribution is 5.83. The minimum atomic E-state index is -0.575. The van der Waals surface area contributed by atoms with Crippen LogP contribution >= 0.6 is 0 Å². The summed E-state index contributed by atoms with van der Waals surface area (Å²) in [6.45, 7) is 3.72. The van der Waals surface area contributed by atoms with Gasteiger partial charge < -0.3 is 15.4 Å². The molecule has 23 heavy (non-hydrogen) atoms. The topological polar surface area (TPSA) is 58.8 Å². The number of piperidine rings is 1. The Morgan fingerprint density at radius 1 is 1.17 bits per heavy atom. The van der Waals surface area contributed by atoms with E-state index >= 15 is 0 Å². The average molecular weight is 321 g/mol. The molecule has 5 nitrogen and oxygen atoms in total. The van der Waals surface area contributed by atoms with Gasteiger partial charge in [0.2, 0.25) is 5.91 Å². The van der Waals surface area contributed by atoms with Crippen LogP contribution in [0.15, 0.2) is 24.3 Å². The molecule has 2 saturated heterocycles. The summed E-state index contributed by atoms with van der Waals surface area (Å²) in [4.78, 5) is 16.9. The molecule has 0 aliphatic carbocycles. The number of rotatable bonds is 3. The molecule has 1 aromatic carbocycles. The van der Waals surface area contributed by atoms with Gasteiger partial charge in [0.1, 0.15) is 11.9 Å².